The SMILES string of the molecule is c1cc(-c2cc3ccc4cc5ccccc5c5ccc(c2)c3c45)c2ccc(-c3ccc4ccc5cccc6ccc3c4c56)cc2c1. The zero-order chi connectivity index (χ0) is 29.9. The van der Waals surface area contributed by atoms with E-state index in [0.29, 0.717) is 0 Å². The van der Waals surface area contributed by atoms with Gasteiger partial charge in [-0.15, -0.1) is 0 Å². The van der Waals surface area contributed by atoms with Crippen molar-refractivity contribution >= 4 is 86.2 Å². The van der Waals surface area contributed by atoms with Gasteiger partial charge >= 0.3 is 0 Å². The average molecular weight is 579 g/mol. The van der Waals surface area contributed by atoms with Crippen molar-refractivity contribution in [1.29, 1.82) is 0 Å². The second-order valence-electron chi connectivity index (χ2n) is 12.9. The van der Waals surface area contributed by atoms with E-state index in [1.165, 1.54) is 108 Å². The highest BCUT2D eigenvalue weighted by Crippen LogP contribution is 2.43. The minimum Gasteiger partial charge on any atom is -0.0616 e. The molecule has 11 aromatic carbocycles. The fraction of sp³-hybridized carbons (Fsp3) is 0. The average Bonchev–Trinajstić information content (AvgIpc) is 3.12. The lowest BCUT2D eigenvalue weighted by atomic mass is 9.87. The Kier molecular flexibility index (Phi) is 4.66. The van der Waals surface area contributed by atoms with Gasteiger partial charge in [-0.3, -0.25) is 0 Å². The van der Waals surface area contributed by atoms with Crippen molar-refractivity contribution in [2.75, 3.05) is 0 Å². The molecule has 0 spiro atoms. The lowest BCUT2D eigenvalue weighted by Gasteiger charge is -2.16. The van der Waals surface area contributed by atoms with E-state index in [1.807, 2.05) is 0 Å². The maximum Gasteiger partial charge on any atom is -0.00203 e. The Morgan fingerprint density at radius 2 is 0.717 bits per heavy atom. The molecule has 0 aliphatic heterocycles. The van der Waals surface area contributed by atoms with Crippen molar-refractivity contribution in [1.82, 2.24) is 0 Å². The molecule has 0 unspecified atom stereocenters. The Morgan fingerprint density at radius 1 is 0.217 bits per heavy atom. The smallest absolute Gasteiger partial charge is 0.00203 e. The van der Waals surface area contributed by atoms with Crippen LogP contribution in [0.2, 0.25) is 0 Å². The van der Waals surface area contributed by atoms with Crippen LogP contribution in [0.5, 0.6) is 0 Å². The van der Waals surface area contributed by atoms with Crippen LogP contribution in [0.3, 0.4) is 0 Å². The van der Waals surface area contributed by atoms with Crippen LogP contribution in [0, 0.1) is 0 Å². The van der Waals surface area contributed by atoms with Crippen LogP contribution in [-0.2, 0) is 0 Å². The van der Waals surface area contributed by atoms with Gasteiger partial charge in [-0.1, -0.05) is 133 Å². The molecule has 11 rings (SSSR count). The Morgan fingerprint density at radius 3 is 1.59 bits per heavy atom. The van der Waals surface area contributed by atoms with E-state index in [9.17, 15) is 0 Å². The summed E-state index contributed by atoms with van der Waals surface area (Å²) in [4.78, 5) is 0. The van der Waals surface area contributed by atoms with Crippen LogP contribution >= 0.6 is 0 Å². The second-order valence-corrected chi connectivity index (χ2v) is 12.9. The molecule has 0 radical (unpaired) electrons. The fourth-order valence-corrected chi connectivity index (χ4v) is 8.42. The summed E-state index contributed by atoms with van der Waals surface area (Å²) in [5, 5.41) is 21.1. The molecule has 46 heavy (non-hydrogen) atoms. The van der Waals surface area contributed by atoms with E-state index in [0.717, 1.165) is 0 Å². The molecule has 0 nitrogen and oxygen atoms in total. The van der Waals surface area contributed by atoms with Crippen LogP contribution in [0.15, 0.2) is 158 Å². The lowest BCUT2D eigenvalue weighted by Crippen LogP contribution is -1.89. The van der Waals surface area contributed by atoms with E-state index in [2.05, 4.69) is 158 Å². The third-order valence-electron chi connectivity index (χ3n) is 10.5. The predicted octanol–water partition coefficient (Wildman–Crippen LogP) is 13.1. The molecule has 0 amide bonds. The van der Waals surface area contributed by atoms with Gasteiger partial charge in [-0.05, 0) is 133 Å². The quantitative estimate of drug-likeness (QED) is 0.141. The molecule has 0 heteroatoms. The molecular weight excluding hydrogens is 553 g/mol. The molecule has 0 aliphatic rings. The van der Waals surface area contributed by atoms with Crippen molar-refractivity contribution in [3.63, 3.8) is 0 Å². The molecule has 11 aromatic rings. The van der Waals surface area contributed by atoms with Gasteiger partial charge in [0.1, 0.15) is 0 Å². The molecule has 0 saturated heterocycles. The van der Waals surface area contributed by atoms with E-state index in [4.69, 9.17) is 0 Å². The number of fused-ring (bicyclic) bond motifs is 3. The highest BCUT2D eigenvalue weighted by Gasteiger charge is 2.15. The van der Waals surface area contributed by atoms with Crippen LogP contribution in [0.4, 0.5) is 0 Å². The van der Waals surface area contributed by atoms with Gasteiger partial charge in [0, 0.05) is 0 Å². The minimum atomic E-state index is 1.25. The number of benzene rings is 11. The summed E-state index contributed by atoms with van der Waals surface area (Å²) >= 11 is 0. The van der Waals surface area contributed by atoms with Gasteiger partial charge in [0.05, 0.1) is 0 Å². The molecule has 0 N–H and O–H groups in total. The summed E-state index contributed by atoms with van der Waals surface area (Å²) in [6.45, 7) is 0. The van der Waals surface area contributed by atoms with Crippen LogP contribution in [0.1, 0.15) is 0 Å². The monoisotopic (exact) mass is 578 g/mol. The second kappa shape index (κ2) is 8.81. The van der Waals surface area contributed by atoms with Gasteiger partial charge in [0.25, 0.3) is 0 Å². The number of rotatable bonds is 2. The summed E-state index contributed by atoms with van der Waals surface area (Å²) in [7, 11) is 0. The molecule has 0 heterocycles. The standard InChI is InChI=1S/C46H26/c1-2-9-37-30(5-1)24-35-14-13-33-25-36(26-34-18-22-41(37)46(35)44(33)34)38-10-4-8-31-23-32(17-20-39(31)38)40-19-15-29-12-11-27-6-3-7-28-16-21-42(40)45(29)43(27)28/h1-26H. The Bertz CT molecular complexity index is 2980. The Labute approximate surface area is 265 Å². The predicted molar refractivity (Wildman–Crippen MR) is 200 cm³/mol. The summed E-state index contributed by atoms with van der Waals surface area (Å²) < 4.78 is 0. The van der Waals surface area contributed by atoms with Gasteiger partial charge < -0.3 is 0 Å². The number of hydrogen-bond acceptors (Lipinski definition) is 0. The van der Waals surface area contributed by atoms with E-state index >= 15 is 0 Å². The maximum absolute atomic E-state index is 2.39. The Hall–Kier alpha value is -5.98. The summed E-state index contributed by atoms with van der Waals surface area (Å²) in [5.41, 5.74) is 5.08. The minimum absolute atomic E-state index is 1.25. The van der Waals surface area contributed by atoms with Crippen molar-refractivity contribution in [3.05, 3.63) is 158 Å². The first-order valence-electron chi connectivity index (χ1n) is 16.1. The third-order valence-corrected chi connectivity index (χ3v) is 10.5. The Balaban J connectivity index is 1.10. The lowest BCUT2D eigenvalue weighted by molar-refractivity contribution is 1.67. The highest BCUT2D eigenvalue weighted by molar-refractivity contribution is 6.30. The molecule has 0 saturated carbocycles. The normalized spacial score (nSPS) is 12.3. The summed E-state index contributed by atoms with van der Waals surface area (Å²) in [6.07, 6.45) is 0. The molecular formula is C46H26. The van der Waals surface area contributed by atoms with E-state index < -0.39 is 0 Å². The van der Waals surface area contributed by atoms with Crippen LogP contribution in [0.25, 0.3) is 108 Å². The molecule has 0 atom stereocenters. The summed E-state index contributed by atoms with van der Waals surface area (Å²) in [5.74, 6) is 0. The van der Waals surface area contributed by atoms with Gasteiger partial charge in [-0.2, -0.15) is 0 Å². The van der Waals surface area contributed by atoms with Crippen molar-refractivity contribution in [2.45, 2.75) is 0 Å². The van der Waals surface area contributed by atoms with Gasteiger partial charge in [-0.25, -0.2) is 0 Å². The molecule has 0 aliphatic carbocycles. The van der Waals surface area contributed by atoms with Crippen LogP contribution < -0.4 is 0 Å². The third kappa shape index (κ3) is 3.23. The first-order valence-corrected chi connectivity index (χ1v) is 16.1. The van der Waals surface area contributed by atoms with E-state index in [-0.39, 0.29) is 0 Å². The van der Waals surface area contributed by atoms with Crippen molar-refractivity contribution < 1.29 is 0 Å². The zero-order valence-corrected chi connectivity index (χ0v) is 25.0. The topological polar surface area (TPSA) is 0 Å². The maximum atomic E-state index is 2.39. The summed E-state index contributed by atoms with van der Waals surface area (Å²) in [6, 6.07) is 59.2. The molecule has 210 valence electrons. The van der Waals surface area contributed by atoms with Crippen LogP contribution in [-0.4, -0.2) is 0 Å². The van der Waals surface area contributed by atoms with Gasteiger partial charge in [0.15, 0.2) is 0 Å². The first-order chi connectivity index (χ1) is 22.8. The van der Waals surface area contributed by atoms with Gasteiger partial charge in [0.2, 0.25) is 0 Å². The first kappa shape index (κ1) is 24.4. The van der Waals surface area contributed by atoms with Crippen molar-refractivity contribution in [3.8, 4) is 22.3 Å². The largest absolute Gasteiger partial charge is 0.0616 e. The fourth-order valence-electron chi connectivity index (χ4n) is 8.42. The molecule has 0 fully saturated rings. The van der Waals surface area contributed by atoms with Crippen molar-refractivity contribution in [2.24, 2.45) is 0 Å². The van der Waals surface area contributed by atoms with E-state index in [1.54, 1.807) is 0 Å². The molecule has 0 aromatic heterocycles. The molecule has 0 bridgehead atoms. The highest BCUT2D eigenvalue weighted by atomic mass is 14.2. The number of hydrogen-bond donors (Lipinski definition) is 0. The zero-order valence-electron chi connectivity index (χ0n) is 25.0.